The highest BCUT2D eigenvalue weighted by atomic mass is 32.1. The number of thiazole rings is 1. The lowest BCUT2D eigenvalue weighted by Gasteiger charge is -2.07. The van der Waals surface area contributed by atoms with E-state index < -0.39 is 0 Å². The molecule has 0 aliphatic rings. The van der Waals surface area contributed by atoms with Crippen molar-refractivity contribution in [2.45, 2.75) is 40.7 Å². The van der Waals surface area contributed by atoms with E-state index in [0.29, 0.717) is 13.0 Å². The molecule has 0 N–H and O–H groups in total. The van der Waals surface area contributed by atoms with Gasteiger partial charge < -0.3 is 9.30 Å². The van der Waals surface area contributed by atoms with Crippen molar-refractivity contribution in [1.29, 1.82) is 0 Å². The lowest BCUT2D eigenvalue weighted by atomic mass is 10.0. The van der Waals surface area contributed by atoms with Gasteiger partial charge in [0.2, 0.25) is 0 Å². The quantitative estimate of drug-likeness (QED) is 0.669. The second-order valence-corrected chi connectivity index (χ2v) is 7.27. The Kier molecular flexibility index (Phi) is 5.57. The van der Waals surface area contributed by atoms with Gasteiger partial charge in [-0.25, -0.2) is 0 Å². The Bertz CT molecular complexity index is 1010. The van der Waals surface area contributed by atoms with Crippen LogP contribution < -0.4 is 9.54 Å². The number of para-hydroxylation sites is 1. The van der Waals surface area contributed by atoms with Crippen LogP contribution in [-0.4, -0.2) is 17.1 Å². The van der Waals surface area contributed by atoms with Crippen LogP contribution in [0.5, 0.6) is 5.75 Å². The highest BCUT2D eigenvalue weighted by Crippen LogP contribution is 2.27. The van der Waals surface area contributed by atoms with Gasteiger partial charge in [0.05, 0.1) is 17.7 Å². The Morgan fingerprint density at radius 2 is 1.96 bits per heavy atom. The Morgan fingerprint density at radius 1 is 1.15 bits per heavy atom. The van der Waals surface area contributed by atoms with E-state index in [-0.39, 0.29) is 5.91 Å². The first-order valence-electron chi connectivity index (χ1n) is 8.92. The standard InChI is InChI=1S/C21H24N2O2S/c1-5-23-20-17(25-6-2)8-7-9-18(20)26-21(23)22-19(24)13-16-11-10-14(3)15(4)12-16/h7-12H,5-6,13H2,1-4H3. The first kappa shape index (κ1) is 18.4. The molecule has 0 fully saturated rings. The molecule has 0 aliphatic carbocycles. The number of ether oxygens (including phenoxy) is 1. The van der Waals surface area contributed by atoms with Crippen LogP contribution in [0, 0.1) is 13.8 Å². The highest BCUT2D eigenvalue weighted by Gasteiger charge is 2.12. The average molecular weight is 369 g/mol. The molecule has 0 spiro atoms. The van der Waals surface area contributed by atoms with Gasteiger partial charge in [0.1, 0.15) is 11.3 Å². The largest absolute Gasteiger partial charge is 0.492 e. The van der Waals surface area contributed by atoms with Crippen LogP contribution in [0.3, 0.4) is 0 Å². The summed E-state index contributed by atoms with van der Waals surface area (Å²) in [5, 5.41) is 0. The van der Waals surface area contributed by atoms with Crippen LogP contribution in [0.2, 0.25) is 0 Å². The number of rotatable bonds is 5. The number of amides is 1. The summed E-state index contributed by atoms with van der Waals surface area (Å²) in [4.78, 5) is 17.7. The van der Waals surface area contributed by atoms with E-state index in [1.165, 1.54) is 22.5 Å². The summed E-state index contributed by atoms with van der Waals surface area (Å²) in [7, 11) is 0. The van der Waals surface area contributed by atoms with E-state index in [2.05, 4.69) is 42.5 Å². The van der Waals surface area contributed by atoms with Gasteiger partial charge in [-0.15, -0.1) is 0 Å². The molecular formula is C21H24N2O2S. The van der Waals surface area contributed by atoms with Crippen molar-refractivity contribution in [2.24, 2.45) is 4.99 Å². The number of aromatic nitrogens is 1. The predicted octanol–water partition coefficient (Wildman–Crippen LogP) is 4.41. The summed E-state index contributed by atoms with van der Waals surface area (Å²) in [5.41, 5.74) is 4.44. The van der Waals surface area contributed by atoms with Crippen molar-refractivity contribution in [2.75, 3.05) is 6.61 Å². The summed E-state index contributed by atoms with van der Waals surface area (Å²) in [6.07, 6.45) is 0.317. The van der Waals surface area contributed by atoms with Gasteiger partial charge in [0, 0.05) is 6.54 Å². The minimum absolute atomic E-state index is 0.125. The Labute approximate surface area is 157 Å². The fraction of sp³-hybridized carbons (Fsp3) is 0.333. The molecule has 3 aromatic rings. The number of carbonyl (C=O) groups is 1. The summed E-state index contributed by atoms with van der Waals surface area (Å²) < 4.78 is 8.90. The molecule has 0 saturated carbocycles. The van der Waals surface area contributed by atoms with Gasteiger partial charge in [-0.1, -0.05) is 35.6 Å². The summed E-state index contributed by atoms with van der Waals surface area (Å²) in [6, 6.07) is 12.1. The number of hydrogen-bond donors (Lipinski definition) is 0. The molecule has 4 nitrogen and oxygen atoms in total. The predicted molar refractivity (Wildman–Crippen MR) is 107 cm³/mol. The maximum atomic E-state index is 12.5. The van der Waals surface area contributed by atoms with Crippen molar-refractivity contribution in [3.63, 3.8) is 0 Å². The van der Waals surface area contributed by atoms with E-state index in [9.17, 15) is 4.79 Å². The minimum Gasteiger partial charge on any atom is -0.492 e. The molecule has 0 aliphatic heterocycles. The van der Waals surface area contributed by atoms with E-state index >= 15 is 0 Å². The third kappa shape index (κ3) is 3.73. The molecule has 3 rings (SSSR count). The molecule has 1 heterocycles. The third-order valence-electron chi connectivity index (χ3n) is 4.43. The Hall–Kier alpha value is -2.40. The molecular weight excluding hydrogens is 344 g/mol. The van der Waals surface area contributed by atoms with Gasteiger partial charge >= 0.3 is 0 Å². The number of carbonyl (C=O) groups excluding carboxylic acids is 1. The topological polar surface area (TPSA) is 43.6 Å². The zero-order chi connectivity index (χ0) is 18.7. The molecule has 0 bridgehead atoms. The van der Waals surface area contributed by atoms with E-state index in [0.717, 1.165) is 32.9 Å². The van der Waals surface area contributed by atoms with Gasteiger partial charge in [-0.2, -0.15) is 4.99 Å². The highest BCUT2D eigenvalue weighted by molar-refractivity contribution is 7.16. The van der Waals surface area contributed by atoms with Gasteiger partial charge in [0.25, 0.3) is 5.91 Å². The lowest BCUT2D eigenvalue weighted by Crippen LogP contribution is -2.17. The van der Waals surface area contributed by atoms with E-state index in [1.807, 2.05) is 31.2 Å². The van der Waals surface area contributed by atoms with Crippen LogP contribution in [0.15, 0.2) is 41.4 Å². The smallest absolute Gasteiger partial charge is 0.252 e. The van der Waals surface area contributed by atoms with Crippen molar-refractivity contribution in [3.05, 3.63) is 57.9 Å². The number of benzene rings is 2. The average Bonchev–Trinajstić information content (AvgIpc) is 2.96. The summed E-state index contributed by atoms with van der Waals surface area (Å²) >= 11 is 1.53. The van der Waals surface area contributed by atoms with E-state index in [1.54, 1.807) is 0 Å². The van der Waals surface area contributed by atoms with Crippen molar-refractivity contribution >= 4 is 27.5 Å². The zero-order valence-corrected chi connectivity index (χ0v) is 16.5. The summed E-state index contributed by atoms with van der Waals surface area (Å²) in [6.45, 7) is 9.51. The molecule has 1 aromatic heterocycles. The van der Waals surface area contributed by atoms with Crippen LogP contribution in [0.1, 0.15) is 30.5 Å². The molecule has 1 amide bonds. The molecule has 0 unspecified atom stereocenters. The molecule has 0 saturated heterocycles. The second-order valence-electron chi connectivity index (χ2n) is 6.27. The maximum Gasteiger partial charge on any atom is 0.252 e. The number of nitrogens with zero attached hydrogens (tertiary/aromatic N) is 2. The number of fused-ring (bicyclic) bond motifs is 1. The normalized spacial score (nSPS) is 11.9. The van der Waals surface area contributed by atoms with Crippen molar-refractivity contribution in [3.8, 4) is 5.75 Å². The summed E-state index contributed by atoms with van der Waals surface area (Å²) in [5.74, 6) is 0.714. The zero-order valence-electron chi connectivity index (χ0n) is 15.7. The van der Waals surface area contributed by atoms with Crippen LogP contribution in [0.25, 0.3) is 10.2 Å². The molecule has 0 atom stereocenters. The van der Waals surface area contributed by atoms with Gasteiger partial charge in [-0.3, -0.25) is 4.79 Å². The van der Waals surface area contributed by atoms with Crippen molar-refractivity contribution in [1.82, 2.24) is 4.57 Å². The molecule has 136 valence electrons. The number of hydrogen-bond acceptors (Lipinski definition) is 3. The SMILES string of the molecule is CCOc1cccc2sc(=NC(=O)Cc3ccc(C)c(C)c3)n(CC)c12. The van der Waals surface area contributed by atoms with Crippen LogP contribution >= 0.6 is 11.3 Å². The fourth-order valence-corrected chi connectivity index (χ4v) is 4.11. The van der Waals surface area contributed by atoms with E-state index in [4.69, 9.17) is 4.74 Å². The first-order valence-corrected chi connectivity index (χ1v) is 9.74. The Balaban J connectivity index is 1.99. The molecule has 0 radical (unpaired) electrons. The number of aryl methyl sites for hydroxylation is 3. The molecule has 5 heteroatoms. The molecule has 26 heavy (non-hydrogen) atoms. The van der Waals surface area contributed by atoms with Crippen LogP contribution in [0.4, 0.5) is 0 Å². The van der Waals surface area contributed by atoms with Crippen molar-refractivity contribution < 1.29 is 9.53 Å². The minimum atomic E-state index is -0.125. The van der Waals surface area contributed by atoms with Gasteiger partial charge in [0.15, 0.2) is 4.80 Å². The lowest BCUT2D eigenvalue weighted by molar-refractivity contribution is -0.117. The van der Waals surface area contributed by atoms with Crippen LogP contribution in [-0.2, 0) is 17.8 Å². The first-order chi connectivity index (χ1) is 12.5. The third-order valence-corrected chi connectivity index (χ3v) is 5.47. The fourth-order valence-electron chi connectivity index (χ4n) is 2.98. The monoisotopic (exact) mass is 368 g/mol. The van der Waals surface area contributed by atoms with Gasteiger partial charge in [-0.05, 0) is 56.5 Å². The second kappa shape index (κ2) is 7.87. The Morgan fingerprint density at radius 3 is 2.65 bits per heavy atom. The maximum absolute atomic E-state index is 12.5. The molecule has 2 aromatic carbocycles.